The van der Waals surface area contributed by atoms with Gasteiger partial charge in [-0.2, -0.15) is 22.9 Å². The van der Waals surface area contributed by atoms with Crippen molar-refractivity contribution in [2.45, 2.75) is 44.6 Å². The molecule has 0 heterocycles. The zero-order valence-corrected chi connectivity index (χ0v) is 18.0. The third-order valence-corrected chi connectivity index (χ3v) is 6.25. The minimum absolute atomic E-state index is 0. The van der Waals surface area contributed by atoms with Crippen LogP contribution in [0.4, 0.5) is 0 Å². The van der Waals surface area contributed by atoms with Crippen molar-refractivity contribution < 1.29 is 58.9 Å². The van der Waals surface area contributed by atoms with Crippen LogP contribution < -0.4 is 42.4 Å². The molecule has 0 saturated carbocycles. The molecule has 0 nitrogen and oxygen atoms in total. The quantitative estimate of drug-likeness (QED) is 0.343. The van der Waals surface area contributed by atoms with Crippen LogP contribution in [0.1, 0.15) is 38.7 Å². The van der Waals surface area contributed by atoms with E-state index in [1.54, 1.807) is 5.19 Å². The topological polar surface area (TPSA) is 0 Å². The van der Waals surface area contributed by atoms with E-state index < -0.39 is 0 Å². The Morgan fingerprint density at radius 1 is 1.19 bits per heavy atom. The van der Waals surface area contributed by atoms with Gasteiger partial charge in [0.1, 0.15) is 0 Å². The van der Waals surface area contributed by atoms with Gasteiger partial charge in [0.25, 0.3) is 0 Å². The molecule has 0 radical (unpaired) electrons. The van der Waals surface area contributed by atoms with Gasteiger partial charge in [-0.05, 0) is 17.9 Å². The van der Waals surface area contributed by atoms with Crippen LogP contribution >= 0.6 is 0 Å². The van der Waals surface area contributed by atoms with Gasteiger partial charge in [-0.3, -0.25) is 0 Å². The van der Waals surface area contributed by atoms with Crippen molar-refractivity contribution in [2.24, 2.45) is 0 Å². The number of allylic oxidation sites excluding steroid dienone is 4. The van der Waals surface area contributed by atoms with Crippen molar-refractivity contribution in [2.75, 3.05) is 0 Å². The van der Waals surface area contributed by atoms with Crippen LogP contribution in [0.5, 0.6) is 0 Å². The maximum atomic E-state index is 2.49. The molecule has 0 bridgehead atoms. The minimum atomic E-state index is -0.202. The Hall–Kier alpha value is 0.631. The first-order valence-corrected chi connectivity index (χ1v) is 8.28. The van der Waals surface area contributed by atoms with Crippen molar-refractivity contribution in [3.05, 3.63) is 48.1 Å². The average Bonchev–Trinajstić information content (AvgIpc) is 2.78. The first kappa shape index (κ1) is 26.5. The Balaban J connectivity index is -0.000000810. The summed E-state index contributed by atoms with van der Waals surface area (Å²) in [4.78, 5) is 0. The zero-order chi connectivity index (χ0) is 12.1. The van der Waals surface area contributed by atoms with Gasteiger partial charge in [-0.15, -0.1) is 0 Å². The second kappa shape index (κ2) is 13.1. The molecule has 1 aromatic rings. The molecule has 0 saturated heterocycles. The Labute approximate surface area is 165 Å². The zero-order valence-electron chi connectivity index (χ0n) is 12.7. The van der Waals surface area contributed by atoms with Crippen LogP contribution in [0.2, 0.25) is 5.04 Å². The van der Waals surface area contributed by atoms with E-state index in [2.05, 4.69) is 56.4 Å². The normalized spacial score (nSPS) is 19.3. The first-order chi connectivity index (χ1) is 8.28. The van der Waals surface area contributed by atoms with Crippen molar-refractivity contribution in [3.63, 3.8) is 0 Å². The molecule has 0 aromatic heterocycles. The van der Waals surface area contributed by atoms with Crippen molar-refractivity contribution >= 4 is 14.7 Å². The van der Waals surface area contributed by atoms with Crippen molar-refractivity contribution in [1.29, 1.82) is 0 Å². The fraction of sp³-hybridized carbons (Fsp3) is 0.438. The Kier molecular flexibility index (Phi) is 16.6. The van der Waals surface area contributed by atoms with E-state index in [4.69, 9.17) is 0 Å². The van der Waals surface area contributed by atoms with Crippen LogP contribution in [0, 0.1) is 0 Å². The molecule has 1 aliphatic carbocycles. The Morgan fingerprint density at radius 3 is 2.38 bits per heavy atom. The summed E-state index contributed by atoms with van der Waals surface area (Å²) in [6.07, 6.45) is 14.4. The van der Waals surface area contributed by atoms with E-state index in [1.165, 1.54) is 31.2 Å². The first-order valence-electron chi connectivity index (χ1n) is 6.87. The molecule has 116 valence electrons. The number of hydrogen-bond donors (Lipinski definition) is 0. The maximum Gasteiger partial charge on any atom is 4.00 e. The number of rotatable bonds is 5. The van der Waals surface area contributed by atoms with Crippen LogP contribution in [-0.4, -0.2) is 9.52 Å². The molecular weight excluding hydrogens is 374 g/mol. The van der Waals surface area contributed by atoms with Crippen molar-refractivity contribution in [1.82, 2.24) is 0 Å². The van der Waals surface area contributed by atoms with Crippen molar-refractivity contribution in [3.8, 4) is 0 Å². The largest absolute Gasteiger partial charge is 4.00 e. The Bertz CT molecular complexity index is 429. The molecule has 0 spiro atoms. The number of hydrogen-bond acceptors (Lipinski definition) is 0. The summed E-state index contributed by atoms with van der Waals surface area (Å²) in [5, 5.41) is 2.17. The molecule has 21 heavy (non-hydrogen) atoms. The van der Waals surface area contributed by atoms with Gasteiger partial charge in [0.15, 0.2) is 0 Å². The third-order valence-electron chi connectivity index (χ3n) is 3.82. The Morgan fingerprint density at radius 2 is 1.90 bits per heavy atom. The summed E-state index contributed by atoms with van der Waals surface area (Å²) < 4.78 is 0. The van der Waals surface area contributed by atoms with Gasteiger partial charge in [-0.25, -0.2) is 6.07 Å². The molecule has 2 rings (SSSR count). The molecular formula is C16H23Cl3SiTi. The molecule has 0 fully saturated rings. The van der Waals surface area contributed by atoms with E-state index in [0.29, 0.717) is 5.04 Å². The number of halogens is 3. The SMILES string of the molecule is CCCC1([SiH2][c-]2ccc(CC)c2)C=CC=CC1.[Cl-].[Cl-].[Cl-].[Ti+4]. The van der Waals surface area contributed by atoms with E-state index in [-0.39, 0.29) is 68.5 Å². The summed E-state index contributed by atoms with van der Waals surface area (Å²) in [5.74, 6) is 0. The third kappa shape index (κ3) is 7.63. The molecule has 5 heteroatoms. The summed E-state index contributed by atoms with van der Waals surface area (Å²) in [6, 6.07) is 7.12. The molecule has 1 atom stereocenters. The molecule has 1 unspecified atom stereocenters. The monoisotopic (exact) mass is 396 g/mol. The van der Waals surface area contributed by atoms with Gasteiger partial charge in [-0.1, -0.05) is 51.0 Å². The van der Waals surface area contributed by atoms with Gasteiger partial charge >= 0.3 is 21.7 Å². The molecule has 0 N–H and O–H groups in total. The minimum Gasteiger partial charge on any atom is -1.00 e. The summed E-state index contributed by atoms with van der Waals surface area (Å²) in [7, 11) is -0.202. The standard InChI is InChI=1S/C16H23Si.3ClH.Ti/c1-3-10-16(11-6-5-7-12-16)17-15-9-8-14(4-2)13-15;;;;/h5-9,11,13H,3-4,10,12,17H2,1-2H3;3*1H;/q-1;;;;+4/p-3. The van der Waals surface area contributed by atoms with E-state index in [0.717, 1.165) is 0 Å². The van der Waals surface area contributed by atoms with Gasteiger partial charge in [0.05, 0.1) is 0 Å². The second-order valence-corrected chi connectivity index (χ2v) is 7.84. The summed E-state index contributed by atoms with van der Waals surface area (Å²) >= 11 is 0. The predicted molar refractivity (Wildman–Crippen MR) is 80.1 cm³/mol. The van der Waals surface area contributed by atoms with Gasteiger partial charge in [0, 0.05) is 9.52 Å². The summed E-state index contributed by atoms with van der Waals surface area (Å²) in [5.41, 5.74) is 1.51. The molecule has 0 amide bonds. The number of aryl methyl sites for hydroxylation is 1. The predicted octanol–water partition coefficient (Wildman–Crippen LogP) is -5.75. The molecule has 1 aromatic carbocycles. The van der Waals surface area contributed by atoms with Crippen LogP contribution in [0.15, 0.2) is 42.5 Å². The van der Waals surface area contributed by atoms with E-state index in [1.807, 2.05) is 0 Å². The average molecular weight is 398 g/mol. The van der Waals surface area contributed by atoms with Crippen LogP contribution in [0.3, 0.4) is 0 Å². The molecule has 1 aliphatic rings. The van der Waals surface area contributed by atoms with E-state index in [9.17, 15) is 0 Å². The second-order valence-electron chi connectivity index (χ2n) is 5.26. The summed E-state index contributed by atoms with van der Waals surface area (Å²) in [6.45, 7) is 4.55. The molecule has 0 aliphatic heterocycles. The smallest absolute Gasteiger partial charge is 1.00 e. The van der Waals surface area contributed by atoms with Crippen LogP contribution in [0.25, 0.3) is 0 Å². The maximum absolute atomic E-state index is 2.49. The fourth-order valence-electron chi connectivity index (χ4n) is 2.90. The van der Waals surface area contributed by atoms with E-state index >= 15 is 0 Å². The van der Waals surface area contributed by atoms with Gasteiger partial charge < -0.3 is 37.2 Å². The van der Waals surface area contributed by atoms with Gasteiger partial charge in [0.2, 0.25) is 0 Å². The van der Waals surface area contributed by atoms with Crippen LogP contribution in [-0.2, 0) is 28.1 Å². The fourth-order valence-corrected chi connectivity index (χ4v) is 5.40.